The maximum Gasteiger partial charge on any atom is 0.0462 e. The minimum atomic E-state index is 0.706. The number of rotatable bonds is 6. The predicted molar refractivity (Wildman–Crippen MR) is 188 cm³/mol. The van der Waals surface area contributed by atoms with Gasteiger partial charge in [0.25, 0.3) is 0 Å². The van der Waals surface area contributed by atoms with Crippen molar-refractivity contribution in [2.75, 3.05) is 4.90 Å². The number of fused-ring (bicyclic) bond motifs is 2. The van der Waals surface area contributed by atoms with E-state index in [4.69, 9.17) is 0 Å². The Morgan fingerprint density at radius 2 is 0.795 bits per heavy atom. The SMILES string of the molecule is c1ccc2c(-c3ccc(N(c4ccc(-c5cccc6ccccc56)cc4)c4ccc(C5CCCC5)cc4)cc3)cccc2c1. The Hall–Kier alpha value is -5.14. The largest absolute Gasteiger partial charge is 0.311 e. The van der Waals surface area contributed by atoms with Crippen molar-refractivity contribution >= 4 is 38.6 Å². The van der Waals surface area contributed by atoms with E-state index in [0.29, 0.717) is 5.92 Å². The second kappa shape index (κ2) is 11.5. The molecule has 0 bridgehead atoms. The molecule has 1 fully saturated rings. The van der Waals surface area contributed by atoms with Crippen LogP contribution in [-0.4, -0.2) is 0 Å². The van der Waals surface area contributed by atoms with Crippen molar-refractivity contribution in [3.63, 3.8) is 0 Å². The van der Waals surface area contributed by atoms with Gasteiger partial charge in [0.15, 0.2) is 0 Å². The summed E-state index contributed by atoms with van der Waals surface area (Å²) in [7, 11) is 0. The number of hydrogen-bond acceptors (Lipinski definition) is 1. The molecule has 0 heterocycles. The first-order chi connectivity index (χ1) is 21.8. The summed E-state index contributed by atoms with van der Waals surface area (Å²) in [4.78, 5) is 2.39. The quantitative estimate of drug-likeness (QED) is 0.194. The normalized spacial score (nSPS) is 13.5. The van der Waals surface area contributed by atoms with Crippen LogP contribution in [0.3, 0.4) is 0 Å². The number of benzene rings is 7. The molecule has 1 aliphatic rings. The standard InChI is InChI=1S/C43H35N/c1-2-10-31(9-1)32-19-25-37(26-20-32)44(38-27-21-35(22-28-38)42-17-7-13-33-11-3-5-15-40(33)42)39-29-23-36(24-30-39)43-18-8-14-34-12-4-6-16-41(34)43/h3-8,11-31H,1-2,9-10H2. The molecule has 0 N–H and O–H groups in total. The van der Waals surface area contributed by atoms with Gasteiger partial charge in [0.05, 0.1) is 0 Å². The van der Waals surface area contributed by atoms with Crippen molar-refractivity contribution in [1.29, 1.82) is 0 Å². The molecule has 0 spiro atoms. The van der Waals surface area contributed by atoms with E-state index in [-0.39, 0.29) is 0 Å². The van der Waals surface area contributed by atoms with Gasteiger partial charge in [-0.15, -0.1) is 0 Å². The molecule has 1 aliphatic carbocycles. The van der Waals surface area contributed by atoms with E-state index in [1.54, 1.807) is 0 Å². The van der Waals surface area contributed by atoms with Gasteiger partial charge in [0.1, 0.15) is 0 Å². The third-order valence-electron chi connectivity index (χ3n) is 9.43. The molecule has 0 aromatic heterocycles. The van der Waals surface area contributed by atoms with Crippen LogP contribution in [0, 0.1) is 0 Å². The van der Waals surface area contributed by atoms with Crippen molar-refractivity contribution in [3.05, 3.63) is 163 Å². The van der Waals surface area contributed by atoms with Gasteiger partial charge in [-0.05, 0) is 105 Å². The van der Waals surface area contributed by atoms with Crippen LogP contribution >= 0.6 is 0 Å². The van der Waals surface area contributed by atoms with Crippen LogP contribution in [0.1, 0.15) is 37.2 Å². The number of anilines is 3. The van der Waals surface area contributed by atoms with Gasteiger partial charge in [-0.1, -0.05) is 134 Å². The Labute approximate surface area is 260 Å². The molecule has 7 aromatic rings. The van der Waals surface area contributed by atoms with Gasteiger partial charge >= 0.3 is 0 Å². The van der Waals surface area contributed by atoms with E-state index in [9.17, 15) is 0 Å². The summed E-state index contributed by atoms with van der Waals surface area (Å²) in [5, 5.41) is 5.10. The molecule has 0 atom stereocenters. The molecule has 44 heavy (non-hydrogen) atoms. The average Bonchev–Trinajstić information content (AvgIpc) is 3.64. The van der Waals surface area contributed by atoms with Crippen LogP contribution in [0.25, 0.3) is 43.8 Å². The summed E-state index contributed by atoms with van der Waals surface area (Å²) >= 11 is 0. The fourth-order valence-electron chi connectivity index (χ4n) is 7.14. The molecule has 1 heteroatoms. The Morgan fingerprint density at radius 1 is 0.386 bits per heavy atom. The van der Waals surface area contributed by atoms with Gasteiger partial charge in [-0.3, -0.25) is 0 Å². The summed E-state index contributed by atoms with van der Waals surface area (Å²) in [6, 6.07) is 57.9. The maximum atomic E-state index is 2.39. The highest BCUT2D eigenvalue weighted by atomic mass is 15.1. The van der Waals surface area contributed by atoms with Crippen LogP contribution < -0.4 is 4.90 Å². The molecular formula is C43H35N. The van der Waals surface area contributed by atoms with E-state index in [0.717, 1.165) is 11.4 Å². The van der Waals surface area contributed by atoms with E-state index < -0.39 is 0 Å². The lowest BCUT2D eigenvalue weighted by Gasteiger charge is -2.26. The van der Waals surface area contributed by atoms with Gasteiger partial charge in [0, 0.05) is 17.1 Å². The first-order valence-corrected chi connectivity index (χ1v) is 15.9. The molecule has 0 saturated heterocycles. The van der Waals surface area contributed by atoms with Crippen molar-refractivity contribution in [2.45, 2.75) is 31.6 Å². The lowest BCUT2D eigenvalue weighted by atomic mass is 9.96. The lowest BCUT2D eigenvalue weighted by Crippen LogP contribution is -2.10. The first kappa shape index (κ1) is 26.5. The van der Waals surface area contributed by atoms with Crippen LogP contribution in [-0.2, 0) is 0 Å². The summed E-state index contributed by atoms with van der Waals surface area (Å²) in [6.07, 6.45) is 5.33. The van der Waals surface area contributed by atoms with Gasteiger partial charge in [-0.2, -0.15) is 0 Å². The van der Waals surface area contributed by atoms with Gasteiger partial charge < -0.3 is 4.90 Å². The van der Waals surface area contributed by atoms with Crippen molar-refractivity contribution in [1.82, 2.24) is 0 Å². The van der Waals surface area contributed by atoms with Gasteiger partial charge in [0.2, 0.25) is 0 Å². The molecule has 212 valence electrons. The van der Waals surface area contributed by atoms with Crippen LogP contribution in [0.4, 0.5) is 17.1 Å². The Morgan fingerprint density at radius 3 is 1.27 bits per heavy atom. The van der Waals surface area contributed by atoms with Crippen molar-refractivity contribution < 1.29 is 0 Å². The number of hydrogen-bond donors (Lipinski definition) is 0. The van der Waals surface area contributed by atoms with E-state index in [1.807, 2.05) is 0 Å². The average molecular weight is 566 g/mol. The summed E-state index contributed by atoms with van der Waals surface area (Å²) in [6.45, 7) is 0. The zero-order chi connectivity index (χ0) is 29.3. The third-order valence-corrected chi connectivity index (χ3v) is 9.43. The van der Waals surface area contributed by atoms with Crippen LogP contribution in [0.2, 0.25) is 0 Å². The highest BCUT2D eigenvalue weighted by Gasteiger charge is 2.19. The zero-order valence-corrected chi connectivity index (χ0v) is 24.9. The highest BCUT2D eigenvalue weighted by molar-refractivity contribution is 5.98. The van der Waals surface area contributed by atoms with E-state index in [2.05, 4.69) is 163 Å². The second-order valence-electron chi connectivity index (χ2n) is 12.1. The summed E-state index contributed by atoms with van der Waals surface area (Å²) in [5.74, 6) is 0.706. The predicted octanol–water partition coefficient (Wildman–Crippen LogP) is 12.5. The topological polar surface area (TPSA) is 3.24 Å². The Balaban J connectivity index is 1.18. The van der Waals surface area contributed by atoms with Crippen LogP contribution in [0.5, 0.6) is 0 Å². The van der Waals surface area contributed by atoms with Crippen LogP contribution in [0.15, 0.2) is 158 Å². The molecule has 7 aromatic carbocycles. The van der Waals surface area contributed by atoms with E-state index in [1.165, 1.54) is 80.7 Å². The summed E-state index contributed by atoms with van der Waals surface area (Å²) < 4.78 is 0. The molecule has 1 nitrogen and oxygen atoms in total. The van der Waals surface area contributed by atoms with Gasteiger partial charge in [-0.25, -0.2) is 0 Å². The zero-order valence-electron chi connectivity index (χ0n) is 24.9. The summed E-state index contributed by atoms with van der Waals surface area (Å²) in [5.41, 5.74) is 9.96. The molecule has 1 saturated carbocycles. The van der Waals surface area contributed by atoms with E-state index >= 15 is 0 Å². The molecule has 8 rings (SSSR count). The third kappa shape index (κ3) is 4.95. The second-order valence-corrected chi connectivity index (χ2v) is 12.1. The minimum Gasteiger partial charge on any atom is -0.311 e. The van der Waals surface area contributed by atoms with Crippen molar-refractivity contribution in [2.24, 2.45) is 0 Å². The molecule has 0 unspecified atom stereocenters. The monoisotopic (exact) mass is 565 g/mol. The molecule has 0 amide bonds. The maximum absolute atomic E-state index is 2.39. The minimum absolute atomic E-state index is 0.706. The fraction of sp³-hybridized carbons (Fsp3) is 0.116. The fourth-order valence-corrected chi connectivity index (χ4v) is 7.14. The lowest BCUT2D eigenvalue weighted by molar-refractivity contribution is 0.723. The molecule has 0 radical (unpaired) electrons. The van der Waals surface area contributed by atoms with Crippen molar-refractivity contribution in [3.8, 4) is 22.3 Å². The smallest absolute Gasteiger partial charge is 0.0462 e. The molecule has 0 aliphatic heterocycles. The Bertz CT molecular complexity index is 1910. The Kier molecular flexibility index (Phi) is 6.93. The molecular weight excluding hydrogens is 530 g/mol. The highest BCUT2D eigenvalue weighted by Crippen LogP contribution is 2.40. The number of nitrogens with zero attached hydrogens (tertiary/aromatic N) is 1. The first-order valence-electron chi connectivity index (χ1n) is 15.9.